The van der Waals surface area contributed by atoms with E-state index in [0.717, 1.165) is 22.3 Å². The molecule has 2 unspecified atom stereocenters. The third-order valence-electron chi connectivity index (χ3n) is 6.11. The van der Waals surface area contributed by atoms with Gasteiger partial charge in [0.05, 0.1) is 6.42 Å². The Morgan fingerprint density at radius 2 is 1.59 bits per heavy atom. The molecule has 8 heteroatoms. The lowest BCUT2D eigenvalue weighted by Gasteiger charge is -2.32. The molecule has 0 heterocycles. The fourth-order valence-electron chi connectivity index (χ4n) is 4.58. The number of amides is 2. The van der Waals surface area contributed by atoms with Crippen molar-refractivity contribution in [2.45, 2.75) is 38.3 Å². The van der Waals surface area contributed by atoms with Crippen LogP contribution in [-0.4, -0.2) is 78.8 Å². The van der Waals surface area contributed by atoms with E-state index in [1.54, 1.807) is 32.8 Å². The Hall–Kier alpha value is -3.39. The highest BCUT2D eigenvalue weighted by atomic mass is 16.5. The second-order valence-corrected chi connectivity index (χ2v) is 8.86. The van der Waals surface area contributed by atoms with Crippen LogP contribution in [0.25, 0.3) is 11.1 Å². The molecule has 34 heavy (non-hydrogen) atoms. The number of carboxylic acid groups (broad SMARTS) is 1. The van der Waals surface area contributed by atoms with Crippen molar-refractivity contribution in [3.05, 3.63) is 59.7 Å². The van der Waals surface area contributed by atoms with Gasteiger partial charge in [-0.3, -0.25) is 9.59 Å². The number of aliphatic carboxylic acids is 1. The van der Waals surface area contributed by atoms with Gasteiger partial charge in [0, 0.05) is 25.0 Å². The lowest BCUT2D eigenvalue weighted by molar-refractivity contribution is -0.141. The number of rotatable bonds is 10. The highest BCUT2D eigenvalue weighted by Crippen LogP contribution is 2.44. The molecule has 0 bridgehead atoms. The van der Waals surface area contributed by atoms with E-state index in [9.17, 15) is 14.4 Å². The molecule has 0 spiro atoms. The van der Waals surface area contributed by atoms with Gasteiger partial charge in [0.25, 0.3) is 0 Å². The molecule has 2 amide bonds. The SMILES string of the molecule is CCN(C(=O)C(CN(C)C)NC(=O)OCC1c2ccccc2-c2ccccc21)C(C)CC(=O)O. The van der Waals surface area contributed by atoms with E-state index >= 15 is 0 Å². The van der Waals surface area contributed by atoms with Crippen molar-refractivity contribution < 1.29 is 24.2 Å². The average Bonchev–Trinajstić information content (AvgIpc) is 3.10. The summed E-state index contributed by atoms with van der Waals surface area (Å²) in [6, 6.07) is 14.8. The van der Waals surface area contributed by atoms with Gasteiger partial charge in [-0.1, -0.05) is 48.5 Å². The fourth-order valence-corrected chi connectivity index (χ4v) is 4.58. The molecule has 0 fully saturated rings. The van der Waals surface area contributed by atoms with Crippen LogP contribution in [0.2, 0.25) is 0 Å². The number of likely N-dealkylation sites (N-methyl/N-ethyl adjacent to an activating group) is 2. The first-order valence-electron chi connectivity index (χ1n) is 11.5. The molecule has 0 saturated heterocycles. The van der Waals surface area contributed by atoms with Gasteiger partial charge in [-0.05, 0) is 50.2 Å². The molecule has 2 atom stereocenters. The number of carboxylic acids is 1. The van der Waals surface area contributed by atoms with Crippen LogP contribution in [-0.2, 0) is 14.3 Å². The van der Waals surface area contributed by atoms with E-state index in [2.05, 4.69) is 17.4 Å². The Morgan fingerprint density at radius 1 is 1.03 bits per heavy atom. The van der Waals surface area contributed by atoms with Gasteiger partial charge in [-0.25, -0.2) is 4.79 Å². The van der Waals surface area contributed by atoms with Crippen molar-refractivity contribution in [3.8, 4) is 11.1 Å². The molecular weight excluding hydrogens is 434 g/mol. The number of nitrogens with one attached hydrogen (secondary N) is 1. The second-order valence-electron chi connectivity index (χ2n) is 8.86. The van der Waals surface area contributed by atoms with Crippen molar-refractivity contribution in [1.29, 1.82) is 0 Å². The number of fused-ring (bicyclic) bond motifs is 3. The Balaban J connectivity index is 1.70. The molecule has 2 aromatic rings. The second kappa shape index (κ2) is 11.2. The number of carbonyl (C=O) groups is 3. The molecule has 2 N–H and O–H groups in total. The number of alkyl carbamates (subject to hydrolysis) is 1. The minimum absolute atomic E-state index is 0.0797. The smallest absolute Gasteiger partial charge is 0.407 e. The summed E-state index contributed by atoms with van der Waals surface area (Å²) in [6.07, 6.45) is -0.844. The predicted octanol–water partition coefficient (Wildman–Crippen LogP) is 3.17. The first-order chi connectivity index (χ1) is 16.2. The first kappa shape index (κ1) is 25.2. The third-order valence-corrected chi connectivity index (χ3v) is 6.11. The molecule has 0 aliphatic heterocycles. The van der Waals surface area contributed by atoms with Crippen LogP contribution in [0.1, 0.15) is 37.3 Å². The molecule has 2 aromatic carbocycles. The van der Waals surface area contributed by atoms with Crippen LogP contribution in [0.3, 0.4) is 0 Å². The molecule has 0 aromatic heterocycles. The van der Waals surface area contributed by atoms with Gasteiger partial charge in [-0.15, -0.1) is 0 Å². The molecule has 3 rings (SSSR count). The van der Waals surface area contributed by atoms with Crippen LogP contribution in [0.5, 0.6) is 0 Å². The Labute approximate surface area is 200 Å². The van der Waals surface area contributed by atoms with Gasteiger partial charge in [0.15, 0.2) is 0 Å². The molecule has 8 nitrogen and oxygen atoms in total. The summed E-state index contributed by atoms with van der Waals surface area (Å²) in [5.41, 5.74) is 4.49. The topological polar surface area (TPSA) is 99.2 Å². The van der Waals surface area contributed by atoms with Gasteiger partial charge in [0.2, 0.25) is 5.91 Å². The maximum absolute atomic E-state index is 13.2. The molecule has 0 radical (unpaired) electrons. The maximum Gasteiger partial charge on any atom is 0.407 e. The fraction of sp³-hybridized carbons (Fsp3) is 0.423. The summed E-state index contributed by atoms with van der Waals surface area (Å²) in [6.45, 7) is 4.23. The van der Waals surface area contributed by atoms with E-state index in [-0.39, 0.29) is 31.4 Å². The molecular formula is C26H33N3O5. The van der Waals surface area contributed by atoms with Gasteiger partial charge >= 0.3 is 12.1 Å². The van der Waals surface area contributed by atoms with Gasteiger partial charge in [-0.2, -0.15) is 0 Å². The van der Waals surface area contributed by atoms with E-state index in [0.29, 0.717) is 6.54 Å². The molecule has 0 saturated carbocycles. The van der Waals surface area contributed by atoms with E-state index < -0.39 is 24.1 Å². The van der Waals surface area contributed by atoms with Crippen molar-refractivity contribution in [2.75, 3.05) is 33.8 Å². The minimum atomic E-state index is -0.979. The average molecular weight is 468 g/mol. The zero-order valence-electron chi connectivity index (χ0n) is 20.2. The molecule has 1 aliphatic rings. The summed E-state index contributed by atoms with van der Waals surface area (Å²) in [5.74, 6) is -1.39. The van der Waals surface area contributed by atoms with Gasteiger partial charge < -0.3 is 25.0 Å². The number of nitrogens with zero attached hydrogens (tertiary/aromatic N) is 2. The number of ether oxygens (including phenoxy) is 1. The zero-order chi connectivity index (χ0) is 24.8. The Bertz CT molecular complexity index is 993. The van der Waals surface area contributed by atoms with E-state index in [4.69, 9.17) is 9.84 Å². The van der Waals surface area contributed by atoms with Crippen molar-refractivity contribution in [2.24, 2.45) is 0 Å². The van der Waals surface area contributed by atoms with Crippen molar-refractivity contribution >= 4 is 18.0 Å². The molecule has 182 valence electrons. The standard InChI is InChI=1S/C26H33N3O5/c1-5-29(17(2)14-24(30)31)25(32)23(15-28(3)4)27-26(33)34-16-22-20-12-8-6-10-18(20)19-11-7-9-13-21(19)22/h6-13,17,22-23H,5,14-16H2,1-4H3,(H,27,33)(H,30,31). The largest absolute Gasteiger partial charge is 0.481 e. The van der Waals surface area contributed by atoms with Crippen LogP contribution < -0.4 is 5.32 Å². The van der Waals surface area contributed by atoms with E-state index in [1.807, 2.05) is 36.4 Å². The number of benzene rings is 2. The Kier molecular flexibility index (Phi) is 8.28. The first-order valence-corrected chi connectivity index (χ1v) is 11.5. The molecule has 1 aliphatic carbocycles. The summed E-state index contributed by atoms with van der Waals surface area (Å²) < 4.78 is 5.61. The lowest BCUT2D eigenvalue weighted by atomic mass is 9.98. The van der Waals surface area contributed by atoms with Crippen LogP contribution in [0.15, 0.2) is 48.5 Å². The summed E-state index contributed by atoms with van der Waals surface area (Å²) in [7, 11) is 3.60. The zero-order valence-corrected chi connectivity index (χ0v) is 20.2. The maximum atomic E-state index is 13.2. The van der Waals surface area contributed by atoms with Crippen molar-refractivity contribution in [3.63, 3.8) is 0 Å². The third kappa shape index (κ3) is 5.75. The van der Waals surface area contributed by atoms with Gasteiger partial charge in [0.1, 0.15) is 12.6 Å². The monoisotopic (exact) mass is 467 g/mol. The predicted molar refractivity (Wildman–Crippen MR) is 130 cm³/mol. The van der Waals surface area contributed by atoms with Crippen LogP contribution in [0, 0.1) is 0 Å². The summed E-state index contributed by atoms with van der Waals surface area (Å²) in [4.78, 5) is 40.4. The highest BCUT2D eigenvalue weighted by Gasteiger charge is 2.32. The highest BCUT2D eigenvalue weighted by molar-refractivity contribution is 5.86. The summed E-state index contributed by atoms with van der Waals surface area (Å²) >= 11 is 0. The Morgan fingerprint density at radius 3 is 2.09 bits per heavy atom. The van der Waals surface area contributed by atoms with E-state index in [1.165, 1.54) is 4.90 Å². The lowest BCUT2D eigenvalue weighted by Crippen LogP contribution is -2.55. The number of hydrogen-bond donors (Lipinski definition) is 2. The van der Waals surface area contributed by atoms with Crippen molar-refractivity contribution in [1.82, 2.24) is 15.1 Å². The number of hydrogen-bond acceptors (Lipinski definition) is 5. The summed E-state index contributed by atoms with van der Waals surface area (Å²) in [5, 5.41) is 11.8. The minimum Gasteiger partial charge on any atom is -0.481 e. The normalized spacial score (nSPS) is 14.1. The van der Waals surface area contributed by atoms with Crippen LogP contribution >= 0.6 is 0 Å². The number of carbonyl (C=O) groups excluding carboxylic acids is 2. The quantitative estimate of drug-likeness (QED) is 0.557. The van der Waals surface area contributed by atoms with Crippen LogP contribution in [0.4, 0.5) is 4.79 Å².